The lowest BCUT2D eigenvalue weighted by atomic mass is 10.1. The monoisotopic (exact) mass is 309 g/mol. The molecule has 1 rings (SSSR count). The van der Waals surface area contributed by atoms with E-state index < -0.39 is 12.0 Å². The van der Waals surface area contributed by atoms with E-state index >= 15 is 0 Å². The Hall–Kier alpha value is -2.08. The van der Waals surface area contributed by atoms with Crippen molar-refractivity contribution >= 4 is 11.9 Å². The smallest absolute Gasteiger partial charge is 0.326 e. The van der Waals surface area contributed by atoms with Crippen molar-refractivity contribution in [3.63, 3.8) is 0 Å². The normalized spacial score (nSPS) is 11.7. The van der Waals surface area contributed by atoms with Gasteiger partial charge in [-0.25, -0.2) is 4.79 Å². The number of carboxylic acids is 1. The first-order chi connectivity index (χ1) is 10.6. The number of ether oxygens (including phenoxy) is 2. The van der Waals surface area contributed by atoms with Crippen LogP contribution in [-0.2, 0) is 20.7 Å². The van der Waals surface area contributed by atoms with Gasteiger partial charge in [-0.15, -0.1) is 0 Å². The van der Waals surface area contributed by atoms with Crippen molar-refractivity contribution in [3.8, 4) is 5.75 Å². The summed E-state index contributed by atoms with van der Waals surface area (Å²) in [6.07, 6.45) is 1.25. The van der Waals surface area contributed by atoms with Crippen molar-refractivity contribution in [3.05, 3.63) is 29.8 Å². The third-order valence-corrected chi connectivity index (χ3v) is 2.98. The molecule has 0 heterocycles. The summed E-state index contributed by atoms with van der Waals surface area (Å²) in [5.74, 6) is -0.692. The van der Waals surface area contributed by atoms with Crippen LogP contribution in [0.25, 0.3) is 0 Å². The molecule has 1 aromatic rings. The standard InChI is InChI=1S/C16H23NO5/c1-3-8-22-13-6-4-5-12(10-13)11-15(18)17-14(16(19)20)7-9-21-2/h4-6,10,14H,3,7-9,11H2,1-2H3,(H,17,18)(H,19,20). The van der Waals surface area contributed by atoms with Crippen LogP contribution in [0.15, 0.2) is 24.3 Å². The molecular weight excluding hydrogens is 286 g/mol. The minimum absolute atomic E-state index is 0.111. The van der Waals surface area contributed by atoms with Gasteiger partial charge in [0.05, 0.1) is 13.0 Å². The number of methoxy groups -OCH3 is 1. The highest BCUT2D eigenvalue weighted by Gasteiger charge is 2.19. The molecule has 0 aliphatic heterocycles. The summed E-state index contributed by atoms with van der Waals surface area (Å²) in [5, 5.41) is 11.6. The van der Waals surface area contributed by atoms with Gasteiger partial charge in [0.2, 0.25) is 5.91 Å². The molecule has 1 unspecified atom stereocenters. The Morgan fingerprint density at radius 3 is 2.73 bits per heavy atom. The van der Waals surface area contributed by atoms with Crippen molar-refractivity contribution in [2.45, 2.75) is 32.2 Å². The molecule has 1 atom stereocenters. The van der Waals surface area contributed by atoms with E-state index in [9.17, 15) is 9.59 Å². The Morgan fingerprint density at radius 2 is 2.09 bits per heavy atom. The quantitative estimate of drug-likeness (QED) is 0.686. The van der Waals surface area contributed by atoms with E-state index in [0.29, 0.717) is 12.4 Å². The zero-order valence-electron chi connectivity index (χ0n) is 13.0. The summed E-state index contributed by atoms with van der Waals surface area (Å²) in [5.41, 5.74) is 0.780. The highest BCUT2D eigenvalue weighted by Crippen LogP contribution is 2.14. The second kappa shape index (κ2) is 9.78. The number of aliphatic carboxylic acids is 1. The summed E-state index contributed by atoms with van der Waals surface area (Å²) >= 11 is 0. The van der Waals surface area contributed by atoms with Crippen molar-refractivity contribution in [1.82, 2.24) is 5.32 Å². The molecule has 0 saturated carbocycles. The molecular formula is C16H23NO5. The summed E-state index contributed by atoms with van der Waals surface area (Å²) in [7, 11) is 1.49. The van der Waals surface area contributed by atoms with Gasteiger partial charge in [0.25, 0.3) is 0 Å². The molecule has 0 bridgehead atoms. The van der Waals surface area contributed by atoms with Crippen LogP contribution >= 0.6 is 0 Å². The highest BCUT2D eigenvalue weighted by molar-refractivity contribution is 5.84. The SMILES string of the molecule is CCCOc1cccc(CC(=O)NC(CCOC)C(=O)O)c1. The maximum atomic E-state index is 12.0. The maximum absolute atomic E-state index is 12.0. The largest absolute Gasteiger partial charge is 0.494 e. The minimum Gasteiger partial charge on any atom is -0.494 e. The number of hydrogen-bond acceptors (Lipinski definition) is 4. The third kappa shape index (κ3) is 6.58. The van der Waals surface area contributed by atoms with Crippen LogP contribution < -0.4 is 10.1 Å². The van der Waals surface area contributed by atoms with Crippen molar-refractivity contribution in [1.29, 1.82) is 0 Å². The topological polar surface area (TPSA) is 84.9 Å². The molecule has 122 valence electrons. The predicted octanol–water partition coefficient (Wildman–Crippen LogP) is 1.62. The number of nitrogens with one attached hydrogen (secondary N) is 1. The lowest BCUT2D eigenvalue weighted by Gasteiger charge is -2.14. The second-order valence-corrected chi connectivity index (χ2v) is 4.91. The Labute approximate surface area is 130 Å². The van der Waals surface area contributed by atoms with E-state index in [4.69, 9.17) is 14.6 Å². The maximum Gasteiger partial charge on any atom is 0.326 e. The van der Waals surface area contributed by atoms with Crippen LogP contribution in [0.2, 0.25) is 0 Å². The van der Waals surface area contributed by atoms with Gasteiger partial charge in [0.1, 0.15) is 11.8 Å². The van der Waals surface area contributed by atoms with Gasteiger partial charge in [-0.1, -0.05) is 19.1 Å². The Bertz CT molecular complexity index is 489. The first kappa shape index (κ1) is 18.0. The fourth-order valence-electron chi connectivity index (χ4n) is 1.89. The van der Waals surface area contributed by atoms with Crippen molar-refractivity contribution < 1.29 is 24.2 Å². The van der Waals surface area contributed by atoms with Crippen LogP contribution in [0.4, 0.5) is 0 Å². The molecule has 0 spiro atoms. The molecule has 1 amide bonds. The molecule has 0 aromatic heterocycles. The number of benzene rings is 1. The molecule has 0 saturated heterocycles. The number of rotatable bonds is 10. The van der Waals surface area contributed by atoms with Gasteiger partial charge in [0.15, 0.2) is 0 Å². The number of amides is 1. The van der Waals surface area contributed by atoms with Crippen LogP contribution in [0.5, 0.6) is 5.75 Å². The first-order valence-electron chi connectivity index (χ1n) is 7.29. The average molecular weight is 309 g/mol. The van der Waals surface area contributed by atoms with Gasteiger partial charge in [-0.05, 0) is 24.1 Å². The third-order valence-electron chi connectivity index (χ3n) is 2.98. The lowest BCUT2D eigenvalue weighted by Crippen LogP contribution is -2.42. The lowest BCUT2D eigenvalue weighted by molar-refractivity contribution is -0.142. The summed E-state index contributed by atoms with van der Waals surface area (Å²) < 4.78 is 10.4. The fraction of sp³-hybridized carbons (Fsp3) is 0.500. The molecule has 0 fully saturated rings. The van der Waals surface area contributed by atoms with Gasteiger partial charge in [0, 0.05) is 20.1 Å². The van der Waals surface area contributed by atoms with Gasteiger partial charge in [-0.3, -0.25) is 4.79 Å². The molecule has 0 radical (unpaired) electrons. The number of carbonyl (C=O) groups excluding carboxylic acids is 1. The fourth-order valence-corrected chi connectivity index (χ4v) is 1.89. The predicted molar refractivity (Wildman–Crippen MR) is 82.0 cm³/mol. The van der Waals surface area contributed by atoms with Gasteiger partial charge in [-0.2, -0.15) is 0 Å². The van der Waals surface area contributed by atoms with E-state index in [2.05, 4.69) is 5.32 Å². The summed E-state index contributed by atoms with van der Waals surface area (Å²) in [6.45, 7) is 2.91. The number of carboxylic acid groups (broad SMARTS) is 1. The molecule has 2 N–H and O–H groups in total. The van der Waals surface area contributed by atoms with Crippen molar-refractivity contribution in [2.75, 3.05) is 20.3 Å². The van der Waals surface area contributed by atoms with Gasteiger partial charge < -0.3 is 19.9 Å². The number of hydrogen-bond donors (Lipinski definition) is 2. The van der Waals surface area contributed by atoms with Crippen LogP contribution in [0, 0.1) is 0 Å². The zero-order chi connectivity index (χ0) is 16.4. The Morgan fingerprint density at radius 1 is 1.32 bits per heavy atom. The molecule has 6 nitrogen and oxygen atoms in total. The van der Waals surface area contributed by atoms with Crippen LogP contribution in [0.1, 0.15) is 25.3 Å². The second-order valence-electron chi connectivity index (χ2n) is 4.91. The van der Waals surface area contributed by atoms with E-state index in [0.717, 1.165) is 12.0 Å². The summed E-state index contributed by atoms with van der Waals surface area (Å²) in [6, 6.07) is 6.30. The molecule has 6 heteroatoms. The molecule has 0 aliphatic rings. The number of carbonyl (C=O) groups is 2. The van der Waals surface area contributed by atoms with E-state index in [-0.39, 0.29) is 25.4 Å². The average Bonchev–Trinajstić information content (AvgIpc) is 2.49. The Balaban J connectivity index is 2.57. The van der Waals surface area contributed by atoms with E-state index in [1.54, 1.807) is 6.07 Å². The molecule has 22 heavy (non-hydrogen) atoms. The zero-order valence-corrected chi connectivity index (χ0v) is 13.0. The van der Waals surface area contributed by atoms with Crippen LogP contribution in [-0.4, -0.2) is 43.3 Å². The molecule has 1 aromatic carbocycles. The van der Waals surface area contributed by atoms with E-state index in [1.807, 2.05) is 25.1 Å². The van der Waals surface area contributed by atoms with E-state index in [1.165, 1.54) is 7.11 Å². The van der Waals surface area contributed by atoms with Crippen molar-refractivity contribution in [2.24, 2.45) is 0 Å². The van der Waals surface area contributed by atoms with Gasteiger partial charge >= 0.3 is 5.97 Å². The Kier molecular flexibility index (Phi) is 7.99. The minimum atomic E-state index is -1.06. The van der Waals surface area contributed by atoms with Crippen LogP contribution in [0.3, 0.4) is 0 Å². The molecule has 0 aliphatic carbocycles. The first-order valence-corrected chi connectivity index (χ1v) is 7.29. The highest BCUT2D eigenvalue weighted by atomic mass is 16.5. The summed E-state index contributed by atoms with van der Waals surface area (Å²) in [4.78, 5) is 23.0.